The molecule has 0 fully saturated rings. The molecule has 22 heavy (non-hydrogen) atoms. The quantitative estimate of drug-likeness (QED) is 0.773. The first kappa shape index (κ1) is 15.9. The summed E-state index contributed by atoms with van der Waals surface area (Å²) < 4.78 is 5.09. The van der Waals surface area contributed by atoms with Gasteiger partial charge in [0.15, 0.2) is 0 Å². The fraction of sp³-hybridized carbons (Fsp3) is 0.278. The largest absolute Gasteiger partial charge is 0.508 e. The lowest BCUT2D eigenvalue weighted by Crippen LogP contribution is -2.26. The van der Waals surface area contributed by atoms with Crippen LogP contribution in [0.25, 0.3) is 0 Å². The van der Waals surface area contributed by atoms with Crippen LogP contribution >= 0.6 is 0 Å². The van der Waals surface area contributed by atoms with Gasteiger partial charge in [-0.3, -0.25) is 4.79 Å². The number of hydrogen-bond acceptors (Lipinski definition) is 3. The number of benzene rings is 2. The Kier molecular flexibility index (Phi) is 5.83. The molecule has 4 heteroatoms. The highest BCUT2D eigenvalue weighted by molar-refractivity contribution is 5.78. The lowest BCUT2D eigenvalue weighted by Gasteiger charge is -2.06. The van der Waals surface area contributed by atoms with Crippen LogP contribution in [0, 0.1) is 0 Å². The minimum Gasteiger partial charge on any atom is -0.508 e. The topological polar surface area (TPSA) is 58.6 Å². The van der Waals surface area contributed by atoms with Gasteiger partial charge in [0.05, 0.1) is 13.5 Å². The highest BCUT2D eigenvalue weighted by atomic mass is 16.5. The van der Waals surface area contributed by atoms with E-state index in [0.29, 0.717) is 13.0 Å². The number of ether oxygens (including phenoxy) is 1. The summed E-state index contributed by atoms with van der Waals surface area (Å²) >= 11 is 0. The van der Waals surface area contributed by atoms with Gasteiger partial charge in [0.25, 0.3) is 0 Å². The van der Waals surface area contributed by atoms with Crippen molar-refractivity contribution >= 4 is 5.91 Å². The summed E-state index contributed by atoms with van der Waals surface area (Å²) in [5.74, 6) is 1.08. The Bertz CT molecular complexity index is 608. The minimum atomic E-state index is 0.0149. The van der Waals surface area contributed by atoms with Crippen molar-refractivity contribution in [2.45, 2.75) is 19.3 Å². The number of methoxy groups -OCH3 is 1. The zero-order valence-electron chi connectivity index (χ0n) is 12.7. The molecular weight excluding hydrogens is 278 g/mol. The van der Waals surface area contributed by atoms with E-state index in [0.717, 1.165) is 29.7 Å². The van der Waals surface area contributed by atoms with E-state index in [1.807, 2.05) is 36.4 Å². The Labute approximate surface area is 130 Å². The first-order valence-electron chi connectivity index (χ1n) is 7.35. The van der Waals surface area contributed by atoms with Crippen LogP contribution in [-0.2, 0) is 17.6 Å². The fourth-order valence-corrected chi connectivity index (χ4v) is 2.22. The van der Waals surface area contributed by atoms with E-state index in [1.54, 1.807) is 19.2 Å². The molecule has 0 aliphatic rings. The molecule has 0 aromatic heterocycles. The number of phenolic OH excluding ortho intramolecular Hbond substituents is 1. The average molecular weight is 299 g/mol. The van der Waals surface area contributed by atoms with Gasteiger partial charge in [-0.05, 0) is 48.2 Å². The van der Waals surface area contributed by atoms with E-state index in [9.17, 15) is 9.90 Å². The van der Waals surface area contributed by atoms with E-state index in [-0.39, 0.29) is 11.7 Å². The highest BCUT2D eigenvalue weighted by Gasteiger charge is 2.03. The maximum atomic E-state index is 11.9. The minimum absolute atomic E-state index is 0.0149. The van der Waals surface area contributed by atoms with E-state index in [2.05, 4.69) is 5.32 Å². The molecule has 0 unspecified atom stereocenters. The zero-order valence-corrected chi connectivity index (χ0v) is 12.7. The van der Waals surface area contributed by atoms with Crippen molar-refractivity contribution in [2.75, 3.05) is 13.7 Å². The van der Waals surface area contributed by atoms with Crippen LogP contribution in [0.3, 0.4) is 0 Å². The summed E-state index contributed by atoms with van der Waals surface area (Å²) in [5, 5.41) is 12.3. The number of rotatable bonds is 7. The van der Waals surface area contributed by atoms with Crippen LogP contribution in [0.2, 0.25) is 0 Å². The fourth-order valence-electron chi connectivity index (χ4n) is 2.22. The van der Waals surface area contributed by atoms with Crippen LogP contribution in [0.4, 0.5) is 0 Å². The molecule has 2 rings (SSSR count). The number of amides is 1. The number of hydrogen-bond donors (Lipinski definition) is 2. The standard InChI is InChI=1S/C18H21NO3/c1-22-17-9-7-15(8-10-17)13-18(21)19-11-3-5-14-4-2-6-16(20)12-14/h2,4,6-10,12,20H,3,5,11,13H2,1H3,(H,19,21). The van der Waals surface area contributed by atoms with Gasteiger partial charge in [0.1, 0.15) is 11.5 Å². The van der Waals surface area contributed by atoms with Crippen molar-refractivity contribution in [2.24, 2.45) is 0 Å². The van der Waals surface area contributed by atoms with E-state index < -0.39 is 0 Å². The lowest BCUT2D eigenvalue weighted by molar-refractivity contribution is -0.120. The maximum absolute atomic E-state index is 11.9. The number of aryl methyl sites for hydroxylation is 1. The number of carbonyl (C=O) groups is 1. The van der Waals surface area contributed by atoms with Crippen molar-refractivity contribution in [3.63, 3.8) is 0 Å². The third kappa shape index (κ3) is 5.13. The Morgan fingerprint density at radius 2 is 1.91 bits per heavy atom. The molecule has 0 saturated carbocycles. The number of aromatic hydroxyl groups is 1. The molecule has 0 heterocycles. The predicted octanol–water partition coefficient (Wildman–Crippen LogP) is 2.69. The molecule has 0 spiro atoms. The smallest absolute Gasteiger partial charge is 0.224 e. The van der Waals surface area contributed by atoms with Crippen LogP contribution in [-0.4, -0.2) is 24.7 Å². The second kappa shape index (κ2) is 8.08. The van der Waals surface area contributed by atoms with Crippen molar-refractivity contribution in [3.8, 4) is 11.5 Å². The summed E-state index contributed by atoms with van der Waals surface area (Å²) in [5.41, 5.74) is 2.04. The second-order valence-electron chi connectivity index (χ2n) is 5.15. The Balaban J connectivity index is 1.69. The first-order valence-corrected chi connectivity index (χ1v) is 7.35. The molecule has 116 valence electrons. The van der Waals surface area contributed by atoms with E-state index >= 15 is 0 Å². The number of nitrogens with one attached hydrogen (secondary N) is 1. The molecule has 0 bridgehead atoms. The summed E-state index contributed by atoms with van der Waals surface area (Å²) in [4.78, 5) is 11.9. The molecule has 2 aromatic carbocycles. The third-order valence-electron chi connectivity index (χ3n) is 3.40. The monoisotopic (exact) mass is 299 g/mol. The van der Waals surface area contributed by atoms with E-state index in [4.69, 9.17) is 4.74 Å². The molecule has 2 aromatic rings. The van der Waals surface area contributed by atoms with Gasteiger partial charge in [-0.25, -0.2) is 0 Å². The normalized spacial score (nSPS) is 10.2. The number of phenols is 1. The van der Waals surface area contributed by atoms with Crippen LogP contribution in [0.15, 0.2) is 48.5 Å². The highest BCUT2D eigenvalue weighted by Crippen LogP contribution is 2.13. The first-order chi connectivity index (χ1) is 10.7. The second-order valence-corrected chi connectivity index (χ2v) is 5.15. The van der Waals surface area contributed by atoms with Crippen molar-refractivity contribution in [3.05, 3.63) is 59.7 Å². The van der Waals surface area contributed by atoms with Crippen molar-refractivity contribution < 1.29 is 14.6 Å². The molecule has 0 saturated heterocycles. The molecular formula is C18H21NO3. The zero-order chi connectivity index (χ0) is 15.8. The lowest BCUT2D eigenvalue weighted by atomic mass is 10.1. The van der Waals surface area contributed by atoms with Gasteiger partial charge < -0.3 is 15.2 Å². The molecule has 0 aliphatic carbocycles. The summed E-state index contributed by atoms with van der Waals surface area (Å²) in [6.07, 6.45) is 2.05. The van der Waals surface area contributed by atoms with Crippen LogP contribution in [0.5, 0.6) is 11.5 Å². The molecule has 0 radical (unpaired) electrons. The molecule has 2 N–H and O–H groups in total. The van der Waals surface area contributed by atoms with Gasteiger partial charge in [-0.2, -0.15) is 0 Å². The Hall–Kier alpha value is -2.49. The third-order valence-corrected chi connectivity index (χ3v) is 3.40. The van der Waals surface area contributed by atoms with Gasteiger partial charge in [0.2, 0.25) is 5.91 Å². The molecule has 0 atom stereocenters. The van der Waals surface area contributed by atoms with Gasteiger partial charge in [-0.1, -0.05) is 24.3 Å². The molecule has 1 amide bonds. The van der Waals surface area contributed by atoms with Crippen molar-refractivity contribution in [1.82, 2.24) is 5.32 Å². The predicted molar refractivity (Wildman–Crippen MR) is 86.1 cm³/mol. The van der Waals surface area contributed by atoms with Gasteiger partial charge in [0, 0.05) is 6.54 Å². The summed E-state index contributed by atoms with van der Waals surface area (Å²) in [7, 11) is 1.62. The van der Waals surface area contributed by atoms with Crippen molar-refractivity contribution in [1.29, 1.82) is 0 Å². The SMILES string of the molecule is COc1ccc(CC(=O)NCCCc2cccc(O)c2)cc1. The Morgan fingerprint density at radius 1 is 1.14 bits per heavy atom. The van der Waals surface area contributed by atoms with Gasteiger partial charge in [-0.15, -0.1) is 0 Å². The molecule has 4 nitrogen and oxygen atoms in total. The maximum Gasteiger partial charge on any atom is 0.224 e. The average Bonchev–Trinajstić information content (AvgIpc) is 2.52. The van der Waals surface area contributed by atoms with Crippen LogP contribution in [0.1, 0.15) is 17.5 Å². The van der Waals surface area contributed by atoms with Gasteiger partial charge >= 0.3 is 0 Å². The molecule has 0 aliphatic heterocycles. The van der Waals surface area contributed by atoms with Crippen LogP contribution < -0.4 is 10.1 Å². The summed E-state index contributed by atoms with van der Waals surface area (Å²) in [6.45, 7) is 0.630. The Morgan fingerprint density at radius 3 is 2.59 bits per heavy atom. The number of carbonyl (C=O) groups excluding carboxylic acids is 1. The van der Waals surface area contributed by atoms with E-state index in [1.165, 1.54) is 0 Å². The summed E-state index contributed by atoms with van der Waals surface area (Å²) in [6, 6.07) is 14.7.